The molecule has 0 atom stereocenters. The Morgan fingerprint density at radius 3 is 2.71 bits per heavy atom. The highest BCUT2D eigenvalue weighted by molar-refractivity contribution is 6.02. The molecule has 106 valence electrons. The predicted octanol–water partition coefficient (Wildman–Crippen LogP) is 2.57. The van der Waals surface area contributed by atoms with Gasteiger partial charge in [0, 0.05) is 17.8 Å². The number of carboxylic acid groups (broad SMARTS) is 1. The zero-order valence-corrected chi connectivity index (χ0v) is 10.8. The van der Waals surface area contributed by atoms with Crippen molar-refractivity contribution < 1.29 is 19.1 Å². The van der Waals surface area contributed by atoms with Crippen molar-refractivity contribution >= 4 is 23.8 Å². The minimum Gasteiger partial charge on any atom is -0.478 e. The number of carboxylic acids is 1. The molecule has 0 saturated carbocycles. The number of carbonyl (C=O) groups is 2. The Morgan fingerprint density at radius 2 is 2.00 bits per heavy atom. The molecule has 2 N–H and O–H groups in total. The number of hydrogen-bond acceptors (Lipinski definition) is 3. The molecule has 1 aromatic heterocycles. The number of anilines is 1. The minimum absolute atomic E-state index is 0.0124. The van der Waals surface area contributed by atoms with E-state index in [1.165, 1.54) is 36.5 Å². The van der Waals surface area contributed by atoms with Crippen LogP contribution in [-0.4, -0.2) is 22.0 Å². The third kappa shape index (κ3) is 3.97. The van der Waals surface area contributed by atoms with E-state index in [0.717, 1.165) is 6.08 Å². The zero-order chi connectivity index (χ0) is 15.2. The van der Waals surface area contributed by atoms with Gasteiger partial charge in [0.1, 0.15) is 11.6 Å². The SMILES string of the molecule is O=C(C=Cc1ccccc1F)Nc1cc(C(=O)O)ccn1. The van der Waals surface area contributed by atoms with Crippen LogP contribution in [0.1, 0.15) is 15.9 Å². The van der Waals surface area contributed by atoms with E-state index in [1.807, 2.05) is 0 Å². The first-order valence-corrected chi connectivity index (χ1v) is 5.99. The first-order chi connectivity index (χ1) is 10.1. The molecule has 0 aliphatic carbocycles. The summed E-state index contributed by atoms with van der Waals surface area (Å²) in [5, 5.41) is 11.2. The van der Waals surface area contributed by atoms with Crippen LogP contribution in [0.3, 0.4) is 0 Å². The van der Waals surface area contributed by atoms with Gasteiger partial charge in [-0.3, -0.25) is 4.79 Å². The number of carbonyl (C=O) groups excluding carboxylic acids is 1. The van der Waals surface area contributed by atoms with Gasteiger partial charge in [0.05, 0.1) is 5.56 Å². The van der Waals surface area contributed by atoms with Gasteiger partial charge in [-0.25, -0.2) is 14.2 Å². The van der Waals surface area contributed by atoms with Gasteiger partial charge in [-0.2, -0.15) is 0 Å². The Morgan fingerprint density at radius 1 is 1.24 bits per heavy atom. The van der Waals surface area contributed by atoms with Crippen molar-refractivity contribution in [2.45, 2.75) is 0 Å². The maximum absolute atomic E-state index is 13.3. The molecular weight excluding hydrogens is 275 g/mol. The van der Waals surface area contributed by atoms with Gasteiger partial charge in [-0.15, -0.1) is 0 Å². The molecule has 0 spiro atoms. The second-order valence-corrected chi connectivity index (χ2v) is 4.08. The van der Waals surface area contributed by atoms with E-state index < -0.39 is 17.7 Å². The van der Waals surface area contributed by atoms with E-state index in [-0.39, 0.29) is 16.9 Å². The van der Waals surface area contributed by atoms with Crippen molar-refractivity contribution in [3.05, 3.63) is 65.6 Å². The summed E-state index contributed by atoms with van der Waals surface area (Å²) in [4.78, 5) is 26.3. The lowest BCUT2D eigenvalue weighted by molar-refractivity contribution is -0.111. The van der Waals surface area contributed by atoms with Gasteiger partial charge in [0.15, 0.2) is 0 Å². The molecule has 2 aromatic rings. The lowest BCUT2D eigenvalue weighted by Crippen LogP contribution is -2.10. The van der Waals surface area contributed by atoms with Crippen LogP contribution in [0.15, 0.2) is 48.7 Å². The van der Waals surface area contributed by atoms with Gasteiger partial charge in [0.2, 0.25) is 5.91 Å². The second kappa shape index (κ2) is 6.42. The highest BCUT2D eigenvalue weighted by Gasteiger charge is 2.05. The number of nitrogens with one attached hydrogen (secondary N) is 1. The molecule has 1 aromatic carbocycles. The van der Waals surface area contributed by atoms with E-state index in [2.05, 4.69) is 10.3 Å². The summed E-state index contributed by atoms with van der Waals surface area (Å²) in [7, 11) is 0. The summed E-state index contributed by atoms with van der Waals surface area (Å²) in [5.41, 5.74) is 0.290. The lowest BCUT2D eigenvalue weighted by atomic mass is 10.2. The topological polar surface area (TPSA) is 79.3 Å². The molecule has 0 radical (unpaired) electrons. The van der Waals surface area contributed by atoms with Crippen LogP contribution >= 0.6 is 0 Å². The highest BCUT2D eigenvalue weighted by Crippen LogP contribution is 2.09. The number of benzene rings is 1. The van der Waals surface area contributed by atoms with Crippen LogP contribution in [0.5, 0.6) is 0 Å². The maximum Gasteiger partial charge on any atom is 0.335 e. The Kier molecular flexibility index (Phi) is 4.40. The average Bonchev–Trinajstić information content (AvgIpc) is 2.46. The normalized spacial score (nSPS) is 10.5. The van der Waals surface area contributed by atoms with Crippen molar-refractivity contribution in [3.63, 3.8) is 0 Å². The van der Waals surface area contributed by atoms with Crippen molar-refractivity contribution in [1.29, 1.82) is 0 Å². The summed E-state index contributed by atoms with van der Waals surface area (Å²) in [6, 6.07) is 8.56. The number of amides is 1. The summed E-state index contributed by atoms with van der Waals surface area (Å²) in [5.74, 6) is -1.98. The van der Waals surface area contributed by atoms with Gasteiger partial charge in [-0.1, -0.05) is 18.2 Å². The molecule has 21 heavy (non-hydrogen) atoms. The predicted molar refractivity (Wildman–Crippen MR) is 75.3 cm³/mol. The van der Waals surface area contributed by atoms with Crippen molar-refractivity contribution in [2.75, 3.05) is 5.32 Å². The van der Waals surface area contributed by atoms with Crippen LogP contribution in [0, 0.1) is 5.82 Å². The maximum atomic E-state index is 13.3. The molecule has 0 aliphatic heterocycles. The van der Waals surface area contributed by atoms with Crippen LogP contribution in [-0.2, 0) is 4.79 Å². The molecule has 0 bridgehead atoms. The number of pyridine rings is 1. The fourth-order valence-electron chi connectivity index (χ4n) is 1.58. The van der Waals surface area contributed by atoms with E-state index in [0.29, 0.717) is 0 Å². The lowest BCUT2D eigenvalue weighted by Gasteiger charge is -2.02. The number of rotatable bonds is 4. The average molecular weight is 286 g/mol. The van der Waals surface area contributed by atoms with Crippen LogP contribution < -0.4 is 5.32 Å². The number of halogens is 1. The molecule has 5 nitrogen and oxygen atoms in total. The Balaban J connectivity index is 2.07. The summed E-state index contributed by atoms with van der Waals surface area (Å²) < 4.78 is 13.3. The van der Waals surface area contributed by atoms with E-state index >= 15 is 0 Å². The van der Waals surface area contributed by atoms with Gasteiger partial charge >= 0.3 is 5.97 Å². The Bertz CT molecular complexity index is 714. The third-order valence-corrected chi connectivity index (χ3v) is 2.58. The van der Waals surface area contributed by atoms with Crippen LogP contribution in [0.2, 0.25) is 0 Å². The Hall–Kier alpha value is -3.02. The van der Waals surface area contributed by atoms with Crippen molar-refractivity contribution in [1.82, 2.24) is 4.98 Å². The highest BCUT2D eigenvalue weighted by atomic mass is 19.1. The van der Waals surface area contributed by atoms with Crippen molar-refractivity contribution in [2.24, 2.45) is 0 Å². The smallest absolute Gasteiger partial charge is 0.335 e. The van der Waals surface area contributed by atoms with E-state index in [4.69, 9.17) is 5.11 Å². The molecule has 2 rings (SSSR count). The van der Waals surface area contributed by atoms with Gasteiger partial charge < -0.3 is 10.4 Å². The van der Waals surface area contributed by atoms with E-state index in [9.17, 15) is 14.0 Å². The molecule has 0 aliphatic rings. The Labute approximate surface area is 119 Å². The molecule has 0 fully saturated rings. The molecule has 1 heterocycles. The molecule has 6 heteroatoms. The fraction of sp³-hybridized carbons (Fsp3) is 0. The summed E-state index contributed by atoms with van der Waals surface area (Å²) in [6.45, 7) is 0. The van der Waals surface area contributed by atoms with Crippen LogP contribution in [0.4, 0.5) is 10.2 Å². The second-order valence-electron chi connectivity index (χ2n) is 4.08. The third-order valence-electron chi connectivity index (χ3n) is 2.58. The quantitative estimate of drug-likeness (QED) is 0.847. The van der Waals surface area contributed by atoms with Gasteiger partial charge in [0.25, 0.3) is 0 Å². The standard InChI is InChI=1S/C15H11FN2O3/c16-12-4-2-1-3-10(12)5-6-14(19)18-13-9-11(15(20)21)7-8-17-13/h1-9H,(H,20,21)(H,17,18,19). The molecular formula is C15H11FN2O3. The monoisotopic (exact) mass is 286 g/mol. The zero-order valence-electron chi connectivity index (χ0n) is 10.8. The van der Waals surface area contributed by atoms with Crippen molar-refractivity contribution in [3.8, 4) is 0 Å². The number of hydrogen-bond donors (Lipinski definition) is 2. The summed E-state index contributed by atoms with van der Waals surface area (Å²) in [6.07, 6.45) is 3.75. The first kappa shape index (κ1) is 14.4. The van der Waals surface area contributed by atoms with E-state index in [1.54, 1.807) is 12.1 Å². The molecule has 0 unspecified atom stereocenters. The summed E-state index contributed by atoms with van der Waals surface area (Å²) >= 11 is 0. The minimum atomic E-state index is -1.12. The first-order valence-electron chi connectivity index (χ1n) is 5.99. The largest absolute Gasteiger partial charge is 0.478 e. The molecule has 1 amide bonds. The molecule has 0 saturated heterocycles. The number of aromatic nitrogens is 1. The fourth-order valence-corrected chi connectivity index (χ4v) is 1.58. The number of nitrogens with zero attached hydrogens (tertiary/aromatic N) is 1. The van der Waals surface area contributed by atoms with Gasteiger partial charge in [-0.05, 0) is 24.3 Å². The van der Waals surface area contributed by atoms with Crippen LogP contribution in [0.25, 0.3) is 6.08 Å². The number of aromatic carboxylic acids is 1.